The van der Waals surface area contributed by atoms with Gasteiger partial charge in [-0.15, -0.1) is 0 Å². The van der Waals surface area contributed by atoms with Gasteiger partial charge in [0.2, 0.25) is 0 Å². The molecule has 5 nitrogen and oxygen atoms in total. The quantitative estimate of drug-likeness (QED) is 0.673. The van der Waals surface area contributed by atoms with Gasteiger partial charge in [-0.1, -0.05) is 35.3 Å². The molecule has 1 fully saturated rings. The van der Waals surface area contributed by atoms with Crippen molar-refractivity contribution in [2.24, 2.45) is 0 Å². The second-order valence-corrected chi connectivity index (χ2v) is 7.36. The maximum atomic E-state index is 9.54. The molecule has 27 heavy (non-hydrogen) atoms. The number of halogens is 2. The molecular weight excluding hydrogens is 383 g/mol. The molecule has 0 N–H and O–H groups in total. The van der Waals surface area contributed by atoms with Gasteiger partial charge < -0.3 is 9.30 Å². The van der Waals surface area contributed by atoms with E-state index in [9.17, 15) is 5.26 Å². The second kappa shape index (κ2) is 9.26. The fourth-order valence-electron chi connectivity index (χ4n) is 3.34. The van der Waals surface area contributed by atoms with E-state index in [4.69, 9.17) is 33.2 Å². The molecule has 0 saturated carbocycles. The first kappa shape index (κ1) is 19.7. The summed E-state index contributed by atoms with van der Waals surface area (Å²) in [5, 5.41) is 19.4. The zero-order valence-electron chi connectivity index (χ0n) is 14.9. The zero-order valence-corrected chi connectivity index (χ0v) is 16.4. The van der Waals surface area contributed by atoms with Gasteiger partial charge in [0, 0.05) is 49.6 Å². The number of rotatable bonds is 7. The van der Waals surface area contributed by atoms with E-state index in [1.54, 1.807) is 12.3 Å². The van der Waals surface area contributed by atoms with E-state index in [1.165, 1.54) is 0 Å². The van der Waals surface area contributed by atoms with Crippen molar-refractivity contribution in [1.82, 2.24) is 9.47 Å². The van der Waals surface area contributed by atoms with Crippen molar-refractivity contribution in [3.63, 3.8) is 0 Å². The van der Waals surface area contributed by atoms with Crippen LogP contribution in [-0.2, 0) is 11.4 Å². The number of ether oxygens (including phenoxy) is 1. The molecule has 7 heteroatoms. The third-order valence-corrected chi connectivity index (χ3v) is 5.45. The lowest BCUT2D eigenvalue weighted by Crippen LogP contribution is -2.34. The molecule has 1 atom stereocenters. The van der Waals surface area contributed by atoms with Crippen molar-refractivity contribution in [3.05, 3.63) is 46.2 Å². The molecule has 2 aromatic rings. The van der Waals surface area contributed by atoms with Crippen LogP contribution in [0.5, 0.6) is 0 Å². The Kier molecular flexibility index (Phi) is 6.77. The Bertz CT molecular complexity index is 875. The first-order valence-corrected chi connectivity index (χ1v) is 9.63. The third-order valence-electron chi connectivity index (χ3n) is 4.63. The fraction of sp³-hybridized carbons (Fsp3) is 0.400. The van der Waals surface area contributed by atoms with Crippen molar-refractivity contribution in [2.45, 2.75) is 32.0 Å². The molecule has 3 rings (SSSR count). The molecular formula is C20H20Cl2N4O. The summed E-state index contributed by atoms with van der Waals surface area (Å²) in [5.74, 6) is 0. The summed E-state index contributed by atoms with van der Waals surface area (Å²) >= 11 is 12.5. The summed E-state index contributed by atoms with van der Waals surface area (Å²) in [6.07, 6.45) is 6.49. The van der Waals surface area contributed by atoms with Crippen LogP contribution in [0, 0.1) is 22.7 Å². The van der Waals surface area contributed by atoms with Crippen molar-refractivity contribution in [1.29, 1.82) is 10.5 Å². The largest absolute Gasteiger partial charge is 0.377 e. The molecule has 1 aromatic heterocycles. The van der Waals surface area contributed by atoms with Crippen molar-refractivity contribution >= 4 is 23.2 Å². The van der Waals surface area contributed by atoms with Crippen LogP contribution in [-0.4, -0.2) is 35.3 Å². The van der Waals surface area contributed by atoms with Gasteiger partial charge in [0.1, 0.15) is 6.07 Å². The highest BCUT2D eigenvalue weighted by Crippen LogP contribution is 2.35. The van der Waals surface area contributed by atoms with Crippen molar-refractivity contribution < 1.29 is 4.74 Å². The van der Waals surface area contributed by atoms with E-state index in [1.807, 2.05) is 22.9 Å². The Hall–Kier alpha value is -2.02. The third kappa shape index (κ3) is 4.83. The van der Waals surface area contributed by atoms with Crippen LogP contribution in [0.2, 0.25) is 10.0 Å². The number of hydrogen-bond donors (Lipinski definition) is 0. The molecule has 0 aliphatic carbocycles. The Morgan fingerprint density at radius 2 is 2.07 bits per heavy atom. The van der Waals surface area contributed by atoms with Crippen LogP contribution >= 0.6 is 23.2 Å². The van der Waals surface area contributed by atoms with Crippen LogP contribution in [0.3, 0.4) is 0 Å². The lowest BCUT2D eigenvalue weighted by atomic mass is 10.1. The minimum Gasteiger partial charge on any atom is -0.377 e. The first-order chi connectivity index (χ1) is 13.1. The van der Waals surface area contributed by atoms with Crippen LogP contribution in [0.4, 0.5) is 0 Å². The van der Waals surface area contributed by atoms with Crippen LogP contribution in [0.25, 0.3) is 11.1 Å². The SMILES string of the molecule is N#CCCN(CC1CCCO1)Cn1cc(C#N)c(-c2cccc(Cl)c2Cl)c1. The predicted molar refractivity (Wildman–Crippen MR) is 105 cm³/mol. The topological polar surface area (TPSA) is 65.0 Å². The summed E-state index contributed by atoms with van der Waals surface area (Å²) < 4.78 is 7.69. The molecule has 1 aliphatic heterocycles. The van der Waals surface area contributed by atoms with E-state index >= 15 is 0 Å². The number of hydrogen-bond acceptors (Lipinski definition) is 4. The van der Waals surface area contributed by atoms with Gasteiger partial charge in [0.15, 0.2) is 0 Å². The molecule has 0 bridgehead atoms. The molecule has 1 aromatic carbocycles. The highest BCUT2D eigenvalue weighted by molar-refractivity contribution is 6.43. The van der Waals surface area contributed by atoms with Gasteiger partial charge in [-0.3, -0.25) is 4.90 Å². The fourth-order valence-corrected chi connectivity index (χ4v) is 3.74. The van der Waals surface area contributed by atoms with Gasteiger partial charge in [0.05, 0.1) is 34.5 Å². The summed E-state index contributed by atoms with van der Waals surface area (Å²) in [6.45, 7) is 2.81. The van der Waals surface area contributed by atoms with Gasteiger partial charge >= 0.3 is 0 Å². The van der Waals surface area contributed by atoms with Crippen LogP contribution < -0.4 is 0 Å². The zero-order chi connectivity index (χ0) is 19.2. The average Bonchev–Trinajstić information content (AvgIpc) is 3.31. The van der Waals surface area contributed by atoms with Crippen LogP contribution in [0.1, 0.15) is 24.8 Å². The minimum atomic E-state index is 0.205. The lowest BCUT2D eigenvalue weighted by Gasteiger charge is -2.24. The molecule has 140 valence electrons. The summed E-state index contributed by atoms with van der Waals surface area (Å²) in [6, 6.07) is 9.83. The molecule has 1 unspecified atom stereocenters. The Balaban J connectivity index is 1.83. The maximum absolute atomic E-state index is 9.54. The number of benzene rings is 1. The standard InChI is InChI=1S/C20H20Cl2N4O/c21-19-6-1-5-17(20(19)22)18-13-26(11-15(18)10-24)14-25(8-3-7-23)12-16-4-2-9-27-16/h1,5-6,11,13,16H,2-4,8-9,12,14H2. The summed E-state index contributed by atoms with van der Waals surface area (Å²) in [5.41, 5.74) is 2.03. The highest BCUT2D eigenvalue weighted by atomic mass is 35.5. The van der Waals surface area contributed by atoms with Gasteiger partial charge in [-0.05, 0) is 18.9 Å². The molecule has 1 saturated heterocycles. The smallest absolute Gasteiger partial charge is 0.101 e. The molecule has 0 spiro atoms. The van der Waals surface area contributed by atoms with E-state index in [0.29, 0.717) is 35.2 Å². The summed E-state index contributed by atoms with van der Waals surface area (Å²) in [4.78, 5) is 2.18. The molecule has 0 radical (unpaired) electrons. The monoisotopic (exact) mass is 402 g/mol. The summed E-state index contributed by atoms with van der Waals surface area (Å²) in [7, 11) is 0. The number of aromatic nitrogens is 1. The normalized spacial score (nSPS) is 16.4. The van der Waals surface area contributed by atoms with Gasteiger partial charge in [-0.2, -0.15) is 10.5 Å². The van der Waals surface area contributed by atoms with Crippen molar-refractivity contribution in [2.75, 3.05) is 19.7 Å². The maximum Gasteiger partial charge on any atom is 0.101 e. The highest BCUT2D eigenvalue weighted by Gasteiger charge is 2.20. The van der Waals surface area contributed by atoms with E-state index in [0.717, 1.165) is 37.1 Å². The number of nitrogens with zero attached hydrogens (tertiary/aromatic N) is 4. The van der Waals surface area contributed by atoms with Gasteiger partial charge in [-0.25, -0.2) is 0 Å². The van der Waals surface area contributed by atoms with E-state index in [-0.39, 0.29) is 6.10 Å². The van der Waals surface area contributed by atoms with E-state index in [2.05, 4.69) is 17.0 Å². The average molecular weight is 403 g/mol. The molecule has 1 aliphatic rings. The lowest BCUT2D eigenvalue weighted by molar-refractivity contribution is 0.0631. The number of nitriles is 2. The minimum absolute atomic E-state index is 0.205. The Labute approximate surface area is 169 Å². The van der Waals surface area contributed by atoms with Gasteiger partial charge in [0.25, 0.3) is 0 Å². The van der Waals surface area contributed by atoms with Crippen LogP contribution in [0.15, 0.2) is 30.6 Å². The Morgan fingerprint density at radius 3 is 2.78 bits per heavy atom. The first-order valence-electron chi connectivity index (χ1n) is 8.87. The van der Waals surface area contributed by atoms with E-state index < -0.39 is 0 Å². The molecule has 0 amide bonds. The second-order valence-electron chi connectivity index (χ2n) is 6.57. The Morgan fingerprint density at radius 1 is 1.22 bits per heavy atom. The predicted octanol–water partition coefficient (Wildman–Crippen LogP) is 4.69. The molecule has 2 heterocycles. The van der Waals surface area contributed by atoms with Crippen molar-refractivity contribution in [3.8, 4) is 23.3 Å².